The number of benzene rings is 7. The van der Waals surface area contributed by atoms with E-state index < -0.39 is 0 Å². The average molecular weight is 482 g/mol. The number of para-hydroxylation sites is 1. The first-order valence-electron chi connectivity index (χ1n) is 13.0. The van der Waals surface area contributed by atoms with Crippen LogP contribution < -0.4 is 0 Å². The first kappa shape index (κ1) is 21.1. The molecule has 0 aliphatic carbocycles. The van der Waals surface area contributed by atoms with Gasteiger partial charge in [-0.3, -0.25) is 4.98 Å². The van der Waals surface area contributed by atoms with Crippen molar-refractivity contribution in [3.05, 3.63) is 140 Å². The zero-order valence-corrected chi connectivity index (χ0v) is 20.7. The van der Waals surface area contributed by atoms with Crippen molar-refractivity contribution < 1.29 is 0 Å². The Bertz CT molecular complexity index is 2090. The molecule has 1 nitrogen and oxygen atoms in total. The molecule has 38 heavy (non-hydrogen) atoms. The first-order chi connectivity index (χ1) is 18.8. The maximum atomic E-state index is 4.81. The van der Waals surface area contributed by atoms with Gasteiger partial charge in [-0.1, -0.05) is 115 Å². The van der Waals surface area contributed by atoms with E-state index in [4.69, 9.17) is 4.98 Å². The van der Waals surface area contributed by atoms with E-state index in [2.05, 4.69) is 127 Å². The third-order valence-corrected chi connectivity index (χ3v) is 7.85. The largest absolute Gasteiger partial charge is 0.256 e. The summed E-state index contributed by atoms with van der Waals surface area (Å²) in [5.41, 5.74) is 8.31. The Morgan fingerprint density at radius 1 is 0.368 bits per heavy atom. The van der Waals surface area contributed by atoms with Crippen LogP contribution in [0, 0.1) is 0 Å². The maximum Gasteiger partial charge on any atom is 0.0702 e. The topological polar surface area (TPSA) is 12.9 Å². The lowest BCUT2D eigenvalue weighted by Gasteiger charge is -2.18. The molecule has 1 heterocycles. The molecule has 0 spiro atoms. The number of aromatic nitrogens is 1. The smallest absolute Gasteiger partial charge is 0.0702 e. The molecule has 7 aromatic carbocycles. The molecule has 1 aromatic heterocycles. The minimum Gasteiger partial charge on any atom is -0.256 e. The molecule has 8 rings (SSSR count). The lowest BCUT2D eigenvalue weighted by atomic mass is 9.85. The monoisotopic (exact) mass is 481 g/mol. The van der Waals surface area contributed by atoms with E-state index >= 15 is 0 Å². The normalized spacial score (nSPS) is 11.7. The summed E-state index contributed by atoms with van der Waals surface area (Å²) in [7, 11) is 0. The highest BCUT2D eigenvalue weighted by atomic mass is 14.6. The summed E-state index contributed by atoms with van der Waals surface area (Å²) in [5.74, 6) is 0. The van der Waals surface area contributed by atoms with Crippen LogP contribution in [0.15, 0.2) is 140 Å². The molecule has 0 radical (unpaired) electrons. The molecule has 0 saturated carbocycles. The molecule has 0 bridgehead atoms. The van der Waals surface area contributed by atoms with Crippen molar-refractivity contribution >= 4 is 43.2 Å². The Hall–Kier alpha value is -5.01. The van der Waals surface area contributed by atoms with Gasteiger partial charge in [-0.15, -0.1) is 0 Å². The van der Waals surface area contributed by atoms with Gasteiger partial charge in [-0.25, -0.2) is 0 Å². The summed E-state index contributed by atoms with van der Waals surface area (Å²) in [6.45, 7) is 0. The molecule has 0 N–H and O–H groups in total. The van der Waals surface area contributed by atoms with Crippen molar-refractivity contribution in [2.45, 2.75) is 0 Å². The predicted molar refractivity (Wildman–Crippen MR) is 162 cm³/mol. The van der Waals surface area contributed by atoms with E-state index in [-0.39, 0.29) is 0 Å². The Kier molecular flexibility index (Phi) is 4.59. The van der Waals surface area contributed by atoms with E-state index in [0.29, 0.717) is 0 Å². The second-order valence-electron chi connectivity index (χ2n) is 10.0. The van der Waals surface area contributed by atoms with Crippen LogP contribution in [0.2, 0.25) is 0 Å². The van der Waals surface area contributed by atoms with Crippen molar-refractivity contribution in [1.82, 2.24) is 4.98 Å². The number of rotatable bonds is 3. The lowest BCUT2D eigenvalue weighted by molar-refractivity contribution is 1.41. The molecular formula is C37H23N. The van der Waals surface area contributed by atoms with Gasteiger partial charge in [0.1, 0.15) is 0 Å². The van der Waals surface area contributed by atoms with Gasteiger partial charge in [-0.05, 0) is 78.3 Å². The van der Waals surface area contributed by atoms with Crippen LogP contribution in [-0.4, -0.2) is 4.98 Å². The van der Waals surface area contributed by atoms with Gasteiger partial charge < -0.3 is 0 Å². The molecule has 0 saturated heterocycles. The molecule has 8 aromatic rings. The van der Waals surface area contributed by atoms with Crippen molar-refractivity contribution in [1.29, 1.82) is 0 Å². The van der Waals surface area contributed by atoms with E-state index in [9.17, 15) is 0 Å². The molecule has 0 amide bonds. The van der Waals surface area contributed by atoms with Crippen molar-refractivity contribution in [3.63, 3.8) is 0 Å². The molecule has 0 aliphatic rings. The SMILES string of the molecule is c1ccc(-c2ccc(-c3cc(-c4cnc5ccccc5c4)c4ccc5cccc6ccc3c4c65)cc2)cc1. The minimum atomic E-state index is 1.02. The molecule has 0 aliphatic heterocycles. The van der Waals surface area contributed by atoms with Crippen LogP contribution in [0.3, 0.4) is 0 Å². The Morgan fingerprint density at radius 2 is 0.974 bits per heavy atom. The highest BCUT2D eigenvalue weighted by Gasteiger charge is 2.17. The molecular weight excluding hydrogens is 458 g/mol. The number of hydrogen-bond acceptors (Lipinski definition) is 1. The summed E-state index contributed by atoms with van der Waals surface area (Å²) in [6.07, 6.45) is 2.02. The number of fused-ring (bicyclic) bond motifs is 1. The summed E-state index contributed by atoms with van der Waals surface area (Å²) >= 11 is 0. The second-order valence-corrected chi connectivity index (χ2v) is 10.0. The van der Waals surface area contributed by atoms with Crippen molar-refractivity contribution in [2.75, 3.05) is 0 Å². The first-order valence-corrected chi connectivity index (χ1v) is 13.0. The molecule has 0 fully saturated rings. The van der Waals surface area contributed by atoms with Crippen LogP contribution in [0.1, 0.15) is 0 Å². The molecule has 0 atom stereocenters. The van der Waals surface area contributed by atoms with Crippen molar-refractivity contribution in [3.8, 4) is 33.4 Å². The summed E-state index contributed by atoms with van der Waals surface area (Å²) in [5, 5.41) is 8.93. The van der Waals surface area contributed by atoms with Gasteiger partial charge in [0.25, 0.3) is 0 Å². The van der Waals surface area contributed by atoms with Crippen LogP contribution >= 0.6 is 0 Å². The quantitative estimate of drug-likeness (QED) is 0.229. The Balaban J connectivity index is 1.43. The van der Waals surface area contributed by atoms with Crippen LogP contribution in [-0.2, 0) is 0 Å². The third-order valence-electron chi connectivity index (χ3n) is 7.85. The van der Waals surface area contributed by atoms with Gasteiger partial charge in [0.15, 0.2) is 0 Å². The zero-order chi connectivity index (χ0) is 25.1. The highest BCUT2D eigenvalue weighted by Crippen LogP contribution is 2.44. The lowest BCUT2D eigenvalue weighted by Crippen LogP contribution is -1.92. The maximum absolute atomic E-state index is 4.81. The Labute approximate surface area is 221 Å². The summed E-state index contributed by atoms with van der Waals surface area (Å²) < 4.78 is 0. The van der Waals surface area contributed by atoms with Gasteiger partial charge in [0.05, 0.1) is 5.52 Å². The summed E-state index contributed by atoms with van der Waals surface area (Å²) in [4.78, 5) is 4.81. The fourth-order valence-corrected chi connectivity index (χ4v) is 6.00. The number of nitrogens with zero attached hydrogens (tertiary/aromatic N) is 1. The molecule has 0 unspecified atom stereocenters. The third kappa shape index (κ3) is 3.22. The van der Waals surface area contributed by atoms with Crippen molar-refractivity contribution in [2.24, 2.45) is 0 Å². The van der Waals surface area contributed by atoms with Gasteiger partial charge in [0.2, 0.25) is 0 Å². The van der Waals surface area contributed by atoms with Crippen LogP contribution in [0.4, 0.5) is 0 Å². The fourth-order valence-electron chi connectivity index (χ4n) is 6.00. The van der Waals surface area contributed by atoms with Gasteiger partial charge >= 0.3 is 0 Å². The van der Waals surface area contributed by atoms with Gasteiger partial charge in [0, 0.05) is 17.1 Å². The standard InChI is InChI=1S/C37H23N/c1-2-7-24(8-3-1)25-13-15-26(16-14-25)33-22-34(30-21-29-9-4-5-12-35(29)38-23-30)32-20-18-28-11-6-10-27-17-19-31(33)37(32)36(27)28/h1-23H. The summed E-state index contributed by atoms with van der Waals surface area (Å²) in [6, 6.07) is 48.3. The number of hydrogen-bond donors (Lipinski definition) is 0. The average Bonchev–Trinajstić information content (AvgIpc) is 3.00. The zero-order valence-electron chi connectivity index (χ0n) is 20.7. The van der Waals surface area contributed by atoms with E-state index in [1.54, 1.807) is 0 Å². The minimum absolute atomic E-state index is 1.02. The molecule has 1 heteroatoms. The van der Waals surface area contributed by atoms with Crippen LogP contribution in [0.5, 0.6) is 0 Å². The number of pyridine rings is 1. The molecule has 176 valence electrons. The fraction of sp³-hybridized carbons (Fsp3) is 0. The highest BCUT2D eigenvalue weighted by molar-refractivity contribution is 6.28. The van der Waals surface area contributed by atoms with Gasteiger partial charge in [-0.2, -0.15) is 0 Å². The van der Waals surface area contributed by atoms with E-state index in [0.717, 1.165) is 16.5 Å². The Morgan fingerprint density at radius 3 is 1.74 bits per heavy atom. The van der Waals surface area contributed by atoms with E-state index in [1.807, 2.05) is 12.3 Å². The van der Waals surface area contributed by atoms with E-state index in [1.165, 1.54) is 60.1 Å². The second kappa shape index (κ2) is 8.26. The predicted octanol–water partition coefficient (Wildman–Crippen LogP) is 10.1. The van der Waals surface area contributed by atoms with Crippen LogP contribution in [0.25, 0.3) is 76.6 Å².